The standard InChI is InChI=1S/C18H16N4O4/c1-9-13(8-19-21(9)3)15-14-16(26-20-15)18(25)22(17(14)24)12-6-4-11(5-7-12)10(2)23/h4-8,14,16H,1-3H3/t14-,16+/m1/s1. The summed E-state index contributed by atoms with van der Waals surface area (Å²) in [5.41, 5.74) is 2.86. The van der Waals surface area contributed by atoms with Gasteiger partial charge in [-0.1, -0.05) is 5.16 Å². The van der Waals surface area contributed by atoms with Crippen LogP contribution in [0, 0.1) is 12.8 Å². The molecule has 2 amide bonds. The van der Waals surface area contributed by atoms with Crippen molar-refractivity contribution in [2.24, 2.45) is 18.1 Å². The van der Waals surface area contributed by atoms with E-state index in [-0.39, 0.29) is 5.78 Å². The molecule has 8 heteroatoms. The van der Waals surface area contributed by atoms with Gasteiger partial charge >= 0.3 is 0 Å². The molecule has 2 aromatic rings. The Labute approximate surface area is 149 Å². The van der Waals surface area contributed by atoms with E-state index in [4.69, 9.17) is 4.84 Å². The fraction of sp³-hybridized carbons (Fsp3) is 0.278. The fourth-order valence-corrected chi connectivity index (χ4v) is 3.25. The normalized spacial score (nSPS) is 21.7. The maximum atomic E-state index is 13.0. The minimum Gasteiger partial charge on any atom is -0.381 e. The first-order chi connectivity index (χ1) is 12.4. The van der Waals surface area contributed by atoms with E-state index in [2.05, 4.69) is 10.3 Å². The Bertz CT molecular complexity index is 974. The van der Waals surface area contributed by atoms with Crippen LogP contribution in [0.1, 0.15) is 28.5 Å². The monoisotopic (exact) mass is 352 g/mol. The van der Waals surface area contributed by atoms with Crippen molar-refractivity contribution < 1.29 is 19.2 Å². The number of aromatic nitrogens is 2. The van der Waals surface area contributed by atoms with E-state index in [1.165, 1.54) is 6.92 Å². The van der Waals surface area contributed by atoms with Crippen molar-refractivity contribution in [3.63, 3.8) is 0 Å². The molecule has 2 aliphatic rings. The smallest absolute Gasteiger partial charge is 0.278 e. The number of anilines is 1. The maximum Gasteiger partial charge on any atom is 0.278 e. The van der Waals surface area contributed by atoms with Crippen LogP contribution in [0.25, 0.3) is 0 Å². The van der Waals surface area contributed by atoms with Gasteiger partial charge in [0.15, 0.2) is 5.78 Å². The second-order valence-corrected chi connectivity index (χ2v) is 6.36. The Morgan fingerprint density at radius 2 is 1.85 bits per heavy atom. The van der Waals surface area contributed by atoms with Crippen molar-refractivity contribution in [2.75, 3.05) is 4.90 Å². The molecule has 132 valence electrons. The molecular formula is C18H16N4O4. The summed E-state index contributed by atoms with van der Waals surface area (Å²) in [4.78, 5) is 43.5. The number of imide groups is 1. The molecule has 0 spiro atoms. The molecule has 0 unspecified atom stereocenters. The third-order valence-corrected chi connectivity index (χ3v) is 4.86. The van der Waals surface area contributed by atoms with E-state index < -0.39 is 23.8 Å². The van der Waals surface area contributed by atoms with E-state index in [1.807, 2.05) is 6.92 Å². The number of amides is 2. The molecule has 4 rings (SSSR count). The number of fused-ring (bicyclic) bond motifs is 1. The molecule has 0 saturated carbocycles. The van der Waals surface area contributed by atoms with Gasteiger partial charge in [0.1, 0.15) is 11.6 Å². The first kappa shape index (κ1) is 16.2. The van der Waals surface area contributed by atoms with Gasteiger partial charge in [-0.05, 0) is 38.1 Å². The van der Waals surface area contributed by atoms with Crippen molar-refractivity contribution in [2.45, 2.75) is 20.0 Å². The number of ketones is 1. The summed E-state index contributed by atoms with van der Waals surface area (Å²) in [7, 11) is 1.79. The molecule has 0 bridgehead atoms. The number of Topliss-reactive ketones (excluding diaryl/α,β-unsaturated/α-hetero) is 1. The molecule has 8 nitrogen and oxygen atoms in total. The number of rotatable bonds is 3. The number of oxime groups is 1. The Morgan fingerprint density at radius 3 is 2.42 bits per heavy atom. The summed E-state index contributed by atoms with van der Waals surface area (Å²) in [6, 6.07) is 6.35. The summed E-state index contributed by atoms with van der Waals surface area (Å²) in [5.74, 6) is -1.74. The van der Waals surface area contributed by atoms with Gasteiger partial charge < -0.3 is 4.84 Å². The number of aryl methyl sites for hydroxylation is 1. The molecule has 0 radical (unpaired) electrons. The van der Waals surface area contributed by atoms with Crippen molar-refractivity contribution in [1.82, 2.24) is 9.78 Å². The lowest BCUT2D eigenvalue weighted by Crippen LogP contribution is -2.33. The van der Waals surface area contributed by atoms with Crippen molar-refractivity contribution in [3.05, 3.63) is 47.3 Å². The lowest BCUT2D eigenvalue weighted by Gasteiger charge is -2.15. The minimum atomic E-state index is -0.968. The summed E-state index contributed by atoms with van der Waals surface area (Å²) in [6.45, 7) is 3.32. The van der Waals surface area contributed by atoms with Crippen LogP contribution in [-0.4, -0.2) is 39.2 Å². The molecule has 2 aliphatic heterocycles. The van der Waals surface area contributed by atoms with Gasteiger partial charge in [-0.15, -0.1) is 0 Å². The first-order valence-corrected chi connectivity index (χ1v) is 8.11. The van der Waals surface area contributed by atoms with Gasteiger partial charge in [0.25, 0.3) is 5.91 Å². The van der Waals surface area contributed by atoms with Gasteiger partial charge in [0, 0.05) is 23.9 Å². The molecule has 0 aliphatic carbocycles. The zero-order valence-electron chi connectivity index (χ0n) is 14.5. The molecule has 1 aromatic heterocycles. The highest BCUT2D eigenvalue weighted by molar-refractivity contribution is 6.32. The third kappa shape index (κ3) is 2.18. The molecule has 0 N–H and O–H groups in total. The Kier molecular flexibility index (Phi) is 3.50. The van der Waals surface area contributed by atoms with Crippen LogP contribution in [0.4, 0.5) is 5.69 Å². The van der Waals surface area contributed by atoms with E-state index in [1.54, 1.807) is 42.2 Å². The Balaban J connectivity index is 1.69. The van der Waals surface area contributed by atoms with E-state index >= 15 is 0 Å². The van der Waals surface area contributed by atoms with Crippen molar-refractivity contribution in [3.8, 4) is 0 Å². The fourth-order valence-electron chi connectivity index (χ4n) is 3.25. The van der Waals surface area contributed by atoms with Gasteiger partial charge in [0.2, 0.25) is 12.0 Å². The predicted molar refractivity (Wildman–Crippen MR) is 91.8 cm³/mol. The molecular weight excluding hydrogens is 336 g/mol. The average Bonchev–Trinajstić information content (AvgIpc) is 3.25. The number of hydrogen-bond acceptors (Lipinski definition) is 6. The summed E-state index contributed by atoms with van der Waals surface area (Å²) < 4.78 is 1.67. The van der Waals surface area contributed by atoms with Crippen LogP contribution >= 0.6 is 0 Å². The zero-order chi connectivity index (χ0) is 18.6. The lowest BCUT2D eigenvalue weighted by atomic mass is 9.94. The first-order valence-electron chi connectivity index (χ1n) is 8.11. The SMILES string of the molecule is CC(=O)c1ccc(N2C(=O)[C@@H]3C(c4cnn(C)c4C)=NO[C@@H]3C2=O)cc1. The molecule has 3 heterocycles. The second-order valence-electron chi connectivity index (χ2n) is 6.36. The maximum absolute atomic E-state index is 13.0. The van der Waals surface area contributed by atoms with Crippen LogP contribution in [0.15, 0.2) is 35.6 Å². The molecule has 1 fully saturated rings. The number of carbonyl (C=O) groups is 3. The van der Waals surface area contributed by atoms with Gasteiger partial charge in [-0.25, -0.2) is 4.90 Å². The van der Waals surface area contributed by atoms with Crippen LogP contribution in [0.5, 0.6) is 0 Å². The summed E-state index contributed by atoms with van der Waals surface area (Å²) in [5, 5.41) is 8.14. The quantitative estimate of drug-likeness (QED) is 0.612. The van der Waals surface area contributed by atoms with E-state index in [9.17, 15) is 14.4 Å². The highest BCUT2D eigenvalue weighted by Crippen LogP contribution is 2.35. The van der Waals surface area contributed by atoms with Gasteiger partial charge in [-0.3, -0.25) is 19.1 Å². The third-order valence-electron chi connectivity index (χ3n) is 4.86. The Morgan fingerprint density at radius 1 is 1.15 bits per heavy atom. The molecule has 1 saturated heterocycles. The number of benzene rings is 1. The highest BCUT2D eigenvalue weighted by atomic mass is 16.6. The Hall–Kier alpha value is -3.29. The van der Waals surface area contributed by atoms with Crippen LogP contribution in [-0.2, 0) is 21.5 Å². The predicted octanol–water partition coefficient (Wildman–Crippen LogP) is 1.22. The van der Waals surface area contributed by atoms with E-state index in [0.29, 0.717) is 22.5 Å². The van der Waals surface area contributed by atoms with Crippen molar-refractivity contribution >= 4 is 29.0 Å². The number of hydrogen-bond donors (Lipinski definition) is 0. The molecule has 1 aromatic carbocycles. The average molecular weight is 352 g/mol. The van der Waals surface area contributed by atoms with Crippen LogP contribution in [0.2, 0.25) is 0 Å². The minimum absolute atomic E-state index is 0.0858. The zero-order valence-corrected chi connectivity index (χ0v) is 14.5. The van der Waals surface area contributed by atoms with Crippen molar-refractivity contribution in [1.29, 1.82) is 0 Å². The van der Waals surface area contributed by atoms with Crippen LogP contribution < -0.4 is 4.90 Å². The lowest BCUT2D eigenvalue weighted by molar-refractivity contribution is -0.126. The van der Waals surface area contributed by atoms with E-state index in [0.717, 1.165) is 10.6 Å². The molecule has 2 atom stereocenters. The summed E-state index contributed by atoms with van der Waals surface area (Å²) in [6.07, 6.45) is 0.645. The van der Waals surface area contributed by atoms with Gasteiger partial charge in [-0.2, -0.15) is 5.10 Å². The van der Waals surface area contributed by atoms with Crippen LogP contribution in [0.3, 0.4) is 0 Å². The van der Waals surface area contributed by atoms with Gasteiger partial charge in [0.05, 0.1) is 11.9 Å². The highest BCUT2D eigenvalue weighted by Gasteiger charge is 2.56. The number of carbonyl (C=O) groups excluding carboxylic acids is 3. The summed E-state index contributed by atoms with van der Waals surface area (Å²) >= 11 is 0. The number of nitrogens with zero attached hydrogens (tertiary/aromatic N) is 4. The molecule has 26 heavy (non-hydrogen) atoms. The second kappa shape index (κ2) is 5.62. The topological polar surface area (TPSA) is 93.9 Å². The largest absolute Gasteiger partial charge is 0.381 e.